The van der Waals surface area contributed by atoms with Gasteiger partial charge in [0.1, 0.15) is 4.92 Å². The summed E-state index contributed by atoms with van der Waals surface area (Å²) in [7, 11) is -3.64. The molecule has 0 saturated heterocycles. The highest BCUT2D eigenvalue weighted by atomic mass is 32.2. The first kappa shape index (κ1) is 18.6. The molecule has 2 rings (SSSR count). The van der Waals surface area contributed by atoms with Crippen LogP contribution < -0.4 is 10.0 Å². The van der Waals surface area contributed by atoms with Gasteiger partial charge in [-0.2, -0.15) is 0 Å². The van der Waals surface area contributed by atoms with Crippen LogP contribution in [-0.2, 0) is 16.6 Å². The van der Waals surface area contributed by atoms with Crippen molar-refractivity contribution in [2.45, 2.75) is 31.3 Å². The molecule has 0 aliphatic rings. The number of hydrogen-bond acceptors (Lipinski definition) is 6. The summed E-state index contributed by atoms with van der Waals surface area (Å²) in [6.45, 7) is 3.46. The lowest BCUT2D eigenvalue weighted by atomic mass is 10.2. The highest BCUT2D eigenvalue weighted by molar-refractivity contribution is 7.89. The third-order valence-electron chi connectivity index (χ3n) is 3.05. The molecule has 0 atom stereocenters. The van der Waals surface area contributed by atoms with Crippen molar-refractivity contribution in [2.75, 3.05) is 0 Å². The summed E-state index contributed by atoms with van der Waals surface area (Å²) in [6.07, 6.45) is 0. The van der Waals surface area contributed by atoms with Gasteiger partial charge in [-0.05, 0) is 37.6 Å². The first-order valence-corrected chi connectivity index (χ1v) is 8.81. The summed E-state index contributed by atoms with van der Waals surface area (Å²) in [5.41, 5.74) is 0.557. The van der Waals surface area contributed by atoms with Gasteiger partial charge in [-0.3, -0.25) is 14.9 Å². The Morgan fingerprint density at radius 1 is 1.28 bits per heavy atom. The largest absolute Gasteiger partial charge is 0.433 e. The Balaban J connectivity index is 2.07. The fourth-order valence-corrected chi connectivity index (χ4v) is 3.34. The van der Waals surface area contributed by atoms with Crippen molar-refractivity contribution in [3.8, 4) is 0 Å². The zero-order chi connectivity index (χ0) is 18.6. The molecule has 25 heavy (non-hydrogen) atoms. The minimum atomic E-state index is -3.64. The molecule has 0 unspecified atom stereocenters. The van der Waals surface area contributed by atoms with Gasteiger partial charge >= 0.3 is 5.88 Å². The fourth-order valence-electron chi connectivity index (χ4n) is 2.02. The Bertz CT molecular complexity index is 888. The van der Waals surface area contributed by atoms with E-state index in [0.29, 0.717) is 5.56 Å². The van der Waals surface area contributed by atoms with Gasteiger partial charge in [-0.25, -0.2) is 13.1 Å². The Labute approximate surface area is 144 Å². The van der Waals surface area contributed by atoms with Crippen LogP contribution in [0, 0.1) is 10.1 Å². The molecule has 9 nitrogen and oxygen atoms in total. The van der Waals surface area contributed by atoms with E-state index in [1.165, 1.54) is 18.2 Å². The third kappa shape index (κ3) is 4.88. The van der Waals surface area contributed by atoms with Crippen molar-refractivity contribution in [1.29, 1.82) is 0 Å². The summed E-state index contributed by atoms with van der Waals surface area (Å²) < 4.78 is 31.6. The molecule has 1 aromatic heterocycles. The lowest BCUT2D eigenvalue weighted by Gasteiger charge is -2.11. The molecule has 0 fully saturated rings. The molecule has 2 N–H and O–H groups in total. The van der Waals surface area contributed by atoms with Gasteiger partial charge in [0.05, 0.1) is 11.0 Å². The highest BCUT2D eigenvalue weighted by Gasteiger charge is 2.18. The van der Waals surface area contributed by atoms with Gasteiger partial charge in [0.2, 0.25) is 10.0 Å². The highest BCUT2D eigenvalue weighted by Crippen LogP contribution is 2.16. The van der Waals surface area contributed by atoms with E-state index in [2.05, 4.69) is 10.0 Å². The van der Waals surface area contributed by atoms with E-state index >= 15 is 0 Å². The SMILES string of the molecule is CC(C)NS(=O)(=O)c1cccc(CNC(=O)c2ccc([N+](=O)[O-])o2)c1. The monoisotopic (exact) mass is 367 g/mol. The number of benzene rings is 1. The molecule has 2 aromatic rings. The quantitative estimate of drug-likeness (QED) is 0.566. The van der Waals surface area contributed by atoms with Gasteiger partial charge in [0, 0.05) is 12.6 Å². The first-order chi connectivity index (χ1) is 11.7. The number of furan rings is 1. The van der Waals surface area contributed by atoms with E-state index in [4.69, 9.17) is 4.42 Å². The van der Waals surface area contributed by atoms with Crippen LogP contribution in [0.5, 0.6) is 0 Å². The fraction of sp³-hybridized carbons (Fsp3) is 0.267. The number of rotatable bonds is 7. The zero-order valence-corrected chi connectivity index (χ0v) is 14.4. The second-order valence-corrected chi connectivity index (χ2v) is 7.22. The number of nitro groups is 1. The Morgan fingerprint density at radius 2 is 2.00 bits per heavy atom. The van der Waals surface area contributed by atoms with Crippen molar-refractivity contribution in [3.05, 3.63) is 57.8 Å². The van der Waals surface area contributed by atoms with Crippen LogP contribution in [0.3, 0.4) is 0 Å². The molecular formula is C15H17N3O6S. The van der Waals surface area contributed by atoms with Gasteiger partial charge < -0.3 is 9.73 Å². The van der Waals surface area contributed by atoms with E-state index in [0.717, 1.165) is 6.07 Å². The van der Waals surface area contributed by atoms with Gasteiger partial charge in [0.25, 0.3) is 5.91 Å². The third-order valence-corrected chi connectivity index (χ3v) is 4.70. The number of carbonyl (C=O) groups excluding carboxylic acids is 1. The molecule has 134 valence electrons. The standard InChI is InChI=1S/C15H17N3O6S/c1-10(2)17-25(22,23)12-5-3-4-11(8-12)9-16-15(19)13-6-7-14(24-13)18(20)21/h3-8,10,17H,9H2,1-2H3,(H,16,19). The predicted octanol–water partition coefficient (Wildman–Crippen LogP) is 1.80. The second kappa shape index (κ2) is 7.45. The summed E-state index contributed by atoms with van der Waals surface area (Å²) in [5, 5.41) is 13.1. The predicted molar refractivity (Wildman–Crippen MR) is 88.4 cm³/mol. The number of carbonyl (C=O) groups is 1. The van der Waals surface area contributed by atoms with Crippen molar-refractivity contribution in [2.24, 2.45) is 0 Å². The summed E-state index contributed by atoms with van der Waals surface area (Å²) in [6, 6.07) is 8.14. The van der Waals surface area contributed by atoms with E-state index in [9.17, 15) is 23.3 Å². The summed E-state index contributed by atoms with van der Waals surface area (Å²) >= 11 is 0. The summed E-state index contributed by atoms with van der Waals surface area (Å²) in [5.74, 6) is -1.36. The topological polar surface area (TPSA) is 132 Å². The molecule has 0 aliphatic heterocycles. The van der Waals surface area contributed by atoms with Gasteiger partial charge in [0.15, 0.2) is 5.76 Å². The maximum atomic E-state index is 12.1. The van der Waals surface area contributed by atoms with E-state index in [1.807, 2.05) is 0 Å². The molecular weight excluding hydrogens is 350 g/mol. The Hall–Kier alpha value is -2.72. The lowest BCUT2D eigenvalue weighted by Crippen LogP contribution is -2.30. The molecule has 1 amide bonds. The van der Waals surface area contributed by atoms with Gasteiger partial charge in [-0.1, -0.05) is 12.1 Å². The normalized spacial score (nSPS) is 11.5. The molecule has 1 heterocycles. The molecule has 1 aromatic carbocycles. The maximum Gasteiger partial charge on any atom is 0.433 e. The van der Waals surface area contributed by atoms with Crippen LogP contribution in [0.4, 0.5) is 5.88 Å². The zero-order valence-electron chi connectivity index (χ0n) is 13.6. The van der Waals surface area contributed by atoms with E-state index in [-0.39, 0.29) is 23.2 Å². The molecule has 0 aliphatic carbocycles. The van der Waals surface area contributed by atoms with Crippen LogP contribution in [0.1, 0.15) is 30.0 Å². The maximum absolute atomic E-state index is 12.1. The lowest BCUT2D eigenvalue weighted by molar-refractivity contribution is -0.402. The van der Waals surface area contributed by atoms with Crippen LogP contribution in [0.15, 0.2) is 45.7 Å². The van der Waals surface area contributed by atoms with Crippen LogP contribution >= 0.6 is 0 Å². The van der Waals surface area contributed by atoms with Crippen LogP contribution in [-0.4, -0.2) is 25.3 Å². The smallest absolute Gasteiger partial charge is 0.395 e. The minimum Gasteiger partial charge on any atom is -0.395 e. The van der Waals surface area contributed by atoms with Gasteiger partial charge in [-0.15, -0.1) is 0 Å². The molecule has 0 saturated carbocycles. The Kier molecular flexibility index (Phi) is 5.55. The van der Waals surface area contributed by atoms with Crippen molar-refractivity contribution in [3.63, 3.8) is 0 Å². The van der Waals surface area contributed by atoms with E-state index < -0.39 is 26.7 Å². The van der Waals surface area contributed by atoms with Crippen molar-refractivity contribution in [1.82, 2.24) is 10.0 Å². The summed E-state index contributed by atoms with van der Waals surface area (Å²) in [4.78, 5) is 21.8. The first-order valence-electron chi connectivity index (χ1n) is 7.33. The minimum absolute atomic E-state index is 0.0400. The number of nitrogens with one attached hydrogen (secondary N) is 2. The van der Waals surface area contributed by atoms with Crippen molar-refractivity contribution >= 4 is 21.8 Å². The molecule has 0 radical (unpaired) electrons. The van der Waals surface area contributed by atoms with Crippen LogP contribution in [0.2, 0.25) is 0 Å². The van der Waals surface area contributed by atoms with Crippen molar-refractivity contribution < 1.29 is 22.6 Å². The number of amides is 1. The molecule has 0 spiro atoms. The van der Waals surface area contributed by atoms with Crippen LogP contribution in [0.25, 0.3) is 0 Å². The number of nitrogens with zero attached hydrogens (tertiary/aromatic N) is 1. The number of hydrogen-bond donors (Lipinski definition) is 2. The Morgan fingerprint density at radius 3 is 2.60 bits per heavy atom. The number of sulfonamides is 1. The molecule has 10 heteroatoms. The molecule has 0 bridgehead atoms. The average molecular weight is 367 g/mol. The van der Waals surface area contributed by atoms with E-state index in [1.54, 1.807) is 26.0 Å². The average Bonchev–Trinajstić information content (AvgIpc) is 3.02. The second-order valence-electron chi connectivity index (χ2n) is 5.50.